The molecule has 0 saturated carbocycles. The Hall–Kier alpha value is -0.690. The Morgan fingerprint density at radius 2 is 1.26 bits per heavy atom. The summed E-state index contributed by atoms with van der Waals surface area (Å²) >= 11 is 0. The predicted octanol–water partition coefficient (Wildman–Crippen LogP) is 5.56. The second-order valence-electron chi connectivity index (χ2n) is 8.23. The van der Waals surface area contributed by atoms with Crippen molar-refractivity contribution >= 4 is 5.97 Å². The van der Waals surface area contributed by atoms with E-state index in [1.165, 1.54) is 38.5 Å². The Bertz CT molecular complexity index is 377. The molecule has 0 saturated heterocycles. The maximum Gasteiger partial charge on any atom is 0.306 e. The molecule has 2 atom stereocenters. The van der Waals surface area contributed by atoms with Crippen molar-refractivity contribution in [2.24, 2.45) is 5.92 Å². The van der Waals surface area contributed by atoms with Crippen LogP contribution in [0.1, 0.15) is 91.9 Å². The molecule has 6 heteroatoms. The van der Waals surface area contributed by atoms with E-state index in [0.29, 0.717) is 65.0 Å². The van der Waals surface area contributed by atoms with Gasteiger partial charge in [0.25, 0.3) is 0 Å². The van der Waals surface area contributed by atoms with Crippen LogP contribution in [0.25, 0.3) is 0 Å². The SMILES string of the molecule is CCCCCC(C)OC(=O)CCCOCCOCCOCCOCC(CC)CCCC. The predicted molar refractivity (Wildman–Crippen MR) is 126 cm³/mol. The molecule has 0 aliphatic rings. The minimum Gasteiger partial charge on any atom is -0.463 e. The van der Waals surface area contributed by atoms with Crippen molar-refractivity contribution in [2.45, 2.75) is 98.0 Å². The molecule has 0 fully saturated rings. The molecule has 186 valence electrons. The van der Waals surface area contributed by atoms with E-state index in [4.69, 9.17) is 23.7 Å². The van der Waals surface area contributed by atoms with E-state index in [2.05, 4.69) is 20.8 Å². The highest BCUT2D eigenvalue weighted by molar-refractivity contribution is 5.69. The maximum atomic E-state index is 11.8. The summed E-state index contributed by atoms with van der Waals surface area (Å²) in [5.41, 5.74) is 0. The molecule has 6 nitrogen and oxygen atoms in total. The third-order valence-electron chi connectivity index (χ3n) is 5.23. The van der Waals surface area contributed by atoms with Crippen LogP contribution in [0.3, 0.4) is 0 Å². The highest BCUT2D eigenvalue weighted by atomic mass is 16.6. The van der Waals surface area contributed by atoms with Gasteiger partial charge in [-0.25, -0.2) is 0 Å². The van der Waals surface area contributed by atoms with Crippen molar-refractivity contribution < 1.29 is 28.5 Å². The standard InChI is InChI=1S/C25H50O6/c1-5-8-10-12-23(4)31-25(26)14-11-15-27-16-17-28-18-19-29-20-21-30-22-24(7-3)13-9-6-2/h23-24H,5-22H2,1-4H3. The number of carbonyl (C=O) groups is 1. The lowest BCUT2D eigenvalue weighted by Gasteiger charge is -2.14. The van der Waals surface area contributed by atoms with Gasteiger partial charge in [0.15, 0.2) is 0 Å². The molecule has 0 aromatic rings. The third kappa shape index (κ3) is 22.3. The third-order valence-corrected chi connectivity index (χ3v) is 5.23. The van der Waals surface area contributed by atoms with E-state index in [0.717, 1.165) is 19.4 Å². The molecule has 2 unspecified atom stereocenters. The highest BCUT2D eigenvalue weighted by Crippen LogP contribution is 2.12. The van der Waals surface area contributed by atoms with E-state index >= 15 is 0 Å². The molecule has 0 amide bonds. The van der Waals surface area contributed by atoms with Crippen molar-refractivity contribution in [3.8, 4) is 0 Å². The van der Waals surface area contributed by atoms with Gasteiger partial charge in [-0.3, -0.25) is 4.79 Å². The van der Waals surface area contributed by atoms with Gasteiger partial charge in [0.1, 0.15) is 0 Å². The molecule has 0 rings (SSSR count). The van der Waals surface area contributed by atoms with Crippen LogP contribution in [0.15, 0.2) is 0 Å². The number of unbranched alkanes of at least 4 members (excludes halogenated alkanes) is 3. The maximum absolute atomic E-state index is 11.8. The topological polar surface area (TPSA) is 63.2 Å². The van der Waals surface area contributed by atoms with Crippen LogP contribution in [-0.2, 0) is 28.5 Å². The normalized spacial score (nSPS) is 13.3. The Labute approximate surface area is 191 Å². The van der Waals surface area contributed by atoms with Gasteiger partial charge in [-0.1, -0.05) is 52.9 Å². The molecule has 0 aromatic heterocycles. The summed E-state index contributed by atoms with van der Waals surface area (Å²) < 4.78 is 27.6. The second-order valence-corrected chi connectivity index (χ2v) is 8.23. The number of esters is 1. The summed E-state index contributed by atoms with van der Waals surface area (Å²) in [6.45, 7) is 13.4. The van der Waals surface area contributed by atoms with E-state index in [-0.39, 0.29) is 12.1 Å². The fraction of sp³-hybridized carbons (Fsp3) is 0.960. The largest absolute Gasteiger partial charge is 0.463 e. The number of hydrogen-bond donors (Lipinski definition) is 0. The second kappa shape index (κ2) is 24.0. The molecule has 0 aliphatic carbocycles. The first-order valence-electron chi connectivity index (χ1n) is 12.6. The van der Waals surface area contributed by atoms with Crippen LogP contribution in [0.4, 0.5) is 0 Å². The Balaban J connectivity index is 3.30. The lowest BCUT2D eigenvalue weighted by Crippen LogP contribution is -2.16. The van der Waals surface area contributed by atoms with E-state index in [9.17, 15) is 4.79 Å². The van der Waals surface area contributed by atoms with Gasteiger partial charge in [-0.2, -0.15) is 0 Å². The van der Waals surface area contributed by atoms with Crippen molar-refractivity contribution in [2.75, 3.05) is 52.9 Å². The van der Waals surface area contributed by atoms with Crippen LogP contribution in [0.5, 0.6) is 0 Å². The molecule has 0 aromatic carbocycles. The molecule has 31 heavy (non-hydrogen) atoms. The first kappa shape index (κ1) is 30.3. The Morgan fingerprint density at radius 3 is 1.84 bits per heavy atom. The summed E-state index contributed by atoms with van der Waals surface area (Å²) in [7, 11) is 0. The van der Waals surface area contributed by atoms with Crippen molar-refractivity contribution in [3.63, 3.8) is 0 Å². The smallest absolute Gasteiger partial charge is 0.306 e. The van der Waals surface area contributed by atoms with Gasteiger partial charge in [0.05, 0.1) is 45.7 Å². The van der Waals surface area contributed by atoms with Crippen LogP contribution in [0, 0.1) is 5.92 Å². The van der Waals surface area contributed by atoms with Gasteiger partial charge in [-0.15, -0.1) is 0 Å². The van der Waals surface area contributed by atoms with Gasteiger partial charge in [0, 0.05) is 19.6 Å². The monoisotopic (exact) mass is 446 g/mol. The number of hydrogen-bond acceptors (Lipinski definition) is 6. The van der Waals surface area contributed by atoms with E-state index in [1.807, 2.05) is 6.92 Å². The quantitative estimate of drug-likeness (QED) is 0.143. The minimum absolute atomic E-state index is 0.0150. The average Bonchev–Trinajstić information content (AvgIpc) is 2.76. The van der Waals surface area contributed by atoms with Crippen LogP contribution in [-0.4, -0.2) is 64.9 Å². The summed E-state index contributed by atoms with van der Waals surface area (Å²) in [6.07, 6.45) is 10.5. The number of carbonyl (C=O) groups excluding carboxylic acids is 1. The Kier molecular flexibility index (Phi) is 23.4. The van der Waals surface area contributed by atoms with Crippen molar-refractivity contribution in [1.29, 1.82) is 0 Å². The van der Waals surface area contributed by atoms with Crippen LogP contribution < -0.4 is 0 Å². The molecule has 0 heterocycles. The molecule has 0 radical (unpaired) electrons. The lowest BCUT2D eigenvalue weighted by atomic mass is 10.0. The van der Waals surface area contributed by atoms with Gasteiger partial charge >= 0.3 is 5.97 Å². The zero-order chi connectivity index (χ0) is 23.0. The average molecular weight is 447 g/mol. The van der Waals surface area contributed by atoms with Crippen molar-refractivity contribution in [1.82, 2.24) is 0 Å². The molecule has 0 N–H and O–H groups in total. The first-order chi connectivity index (χ1) is 15.1. The summed E-state index contributed by atoms with van der Waals surface area (Å²) in [6, 6.07) is 0. The highest BCUT2D eigenvalue weighted by Gasteiger charge is 2.09. The lowest BCUT2D eigenvalue weighted by molar-refractivity contribution is -0.149. The molecule has 0 bridgehead atoms. The minimum atomic E-state index is -0.129. The number of rotatable bonds is 24. The van der Waals surface area contributed by atoms with Crippen molar-refractivity contribution in [3.05, 3.63) is 0 Å². The summed E-state index contributed by atoms with van der Waals surface area (Å²) in [5, 5.41) is 0. The molecule has 0 spiro atoms. The number of ether oxygens (including phenoxy) is 5. The Morgan fingerprint density at radius 1 is 0.677 bits per heavy atom. The molecular formula is C25H50O6. The fourth-order valence-electron chi connectivity index (χ4n) is 3.15. The van der Waals surface area contributed by atoms with Crippen LogP contribution >= 0.6 is 0 Å². The zero-order valence-corrected chi connectivity index (χ0v) is 20.8. The summed E-state index contributed by atoms with van der Waals surface area (Å²) in [4.78, 5) is 11.8. The fourth-order valence-corrected chi connectivity index (χ4v) is 3.15. The zero-order valence-electron chi connectivity index (χ0n) is 20.8. The van der Waals surface area contributed by atoms with E-state index < -0.39 is 0 Å². The summed E-state index contributed by atoms with van der Waals surface area (Å²) in [5.74, 6) is 0.546. The van der Waals surface area contributed by atoms with Crippen LogP contribution in [0.2, 0.25) is 0 Å². The van der Waals surface area contributed by atoms with E-state index in [1.54, 1.807) is 0 Å². The molecular weight excluding hydrogens is 396 g/mol. The molecule has 0 aliphatic heterocycles. The van der Waals surface area contributed by atoms with Gasteiger partial charge in [-0.05, 0) is 38.5 Å². The first-order valence-corrected chi connectivity index (χ1v) is 12.6. The van der Waals surface area contributed by atoms with Gasteiger partial charge in [0.2, 0.25) is 0 Å². The van der Waals surface area contributed by atoms with Gasteiger partial charge < -0.3 is 23.7 Å².